The van der Waals surface area contributed by atoms with Crippen LogP contribution in [0.1, 0.15) is 91.4 Å². The van der Waals surface area contributed by atoms with Gasteiger partial charge in [0, 0.05) is 13.0 Å². The standard InChI is InChI=1S/C27H48N2O3/c1-17(5-10-25(32)29-14-4-13-28)21-8-9-22-20-7-6-18-15-19(30)11-12-26(18,2)23(20)16-24(31)27(21,22)3/h17-24,30-31H,4-16,28H2,1-3H3,(H,29,32)/t17-,18-,19-,20+,21-,22+,23+,24+,26+,27-/m1/s1. The van der Waals surface area contributed by atoms with Crippen molar-refractivity contribution in [2.24, 2.45) is 52.1 Å². The van der Waals surface area contributed by atoms with Crippen LogP contribution >= 0.6 is 0 Å². The van der Waals surface area contributed by atoms with Crippen molar-refractivity contribution in [3.05, 3.63) is 0 Å². The fourth-order valence-corrected chi connectivity index (χ4v) is 9.14. The Hall–Kier alpha value is -0.650. The highest BCUT2D eigenvalue weighted by Crippen LogP contribution is 2.68. The molecule has 184 valence electrons. The van der Waals surface area contributed by atoms with Gasteiger partial charge in [0.1, 0.15) is 0 Å². The largest absolute Gasteiger partial charge is 0.393 e. The summed E-state index contributed by atoms with van der Waals surface area (Å²) in [5.41, 5.74) is 5.79. The maximum Gasteiger partial charge on any atom is 0.220 e. The number of hydrogen-bond acceptors (Lipinski definition) is 4. The van der Waals surface area contributed by atoms with Gasteiger partial charge in [0.05, 0.1) is 12.2 Å². The minimum Gasteiger partial charge on any atom is -0.393 e. The Balaban J connectivity index is 1.43. The molecule has 0 unspecified atom stereocenters. The van der Waals surface area contributed by atoms with E-state index in [0.717, 1.165) is 44.4 Å². The Bertz CT molecular complexity index is 671. The molecular weight excluding hydrogens is 400 g/mol. The second-order valence-electron chi connectivity index (χ2n) is 12.4. The van der Waals surface area contributed by atoms with Crippen LogP contribution in [0.25, 0.3) is 0 Å². The van der Waals surface area contributed by atoms with Crippen molar-refractivity contribution in [2.45, 2.75) is 104 Å². The van der Waals surface area contributed by atoms with Crippen LogP contribution in [0.2, 0.25) is 0 Å². The molecule has 4 aliphatic rings. The molecule has 4 rings (SSSR count). The zero-order chi connectivity index (χ0) is 23.1. The van der Waals surface area contributed by atoms with Crippen LogP contribution < -0.4 is 11.1 Å². The van der Waals surface area contributed by atoms with E-state index in [2.05, 4.69) is 26.1 Å². The van der Waals surface area contributed by atoms with Crippen molar-refractivity contribution < 1.29 is 15.0 Å². The van der Waals surface area contributed by atoms with Gasteiger partial charge in [-0.2, -0.15) is 0 Å². The van der Waals surface area contributed by atoms with Crippen LogP contribution in [0.3, 0.4) is 0 Å². The van der Waals surface area contributed by atoms with E-state index in [0.29, 0.717) is 49.1 Å². The van der Waals surface area contributed by atoms with E-state index < -0.39 is 0 Å². The molecule has 0 heterocycles. The lowest BCUT2D eigenvalue weighted by molar-refractivity contribution is -0.174. The maximum atomic E-state index is 12.2. The third-order valence-electron chi connectivity index (χ3n) is 11.0. The molecule has 0 bridgehead atoms. The van der Waals surface area contributed by atoms with E-state index in [-0.39, 0.29) is 28.9 Å². The summed E-state index contributed by atoms with van der Waals surface area (Å²) >= 11 is 0. The molecule has 5 N–H and O–H groups in total. The van der Waals surface area contributed by atoms with Crippen LogP contribution in [0, 0.1) is 46.3 Å². The van der Waals surface area contributed by atoms with Crippen LogP contribution in [0.15, 0.2) is 0 Å². The van der Waals surface area contributed by atoms with Crippen LogP contribution in [0.5, 0.6) is 0 Å². The van der Waals surface area contributed by atoms with E-state index in [4.69, 9.17) is 5.73 Å². The summed E-state index contributed by atoms with van der Waals surface area (Å²) in [7, 11) is 0. The fraction of sp³-hybridized carbons (Fsp3) is 0.963. The molecule has 0 aliphatic heterocycles. The highest BCUT2D eigenvalue weighted by atomic mass is 16.3. The predicted octanol–water partition coefficient (Wildman–Crippen LogP) is 3.86. The molecule has 4 fully saturated rings. The van der Waals surface area contributed by atoms with Crippen molar-refractivity contribution >= 4 is 5.91 Å². The van der Waals surface area contributed by atoms with E-state index >= 15 is 0 Å². The van der Waals surface area contributed by atoms with E-state index in [1.165, 1.54) is 25.7 Å². The second-order valence-corrected chi connectivity index (χ2v) is 12.4. The van der Waals surface area contributed by atoms with Crippen LogP contribution in [-0.4, -0.2) is 41.4 Å². The molecule has 0 aromatic heterocycles. The first-order chi connectivity index (χ1) is 15.2. The maximum absolute atomic E-state index is 12.2. The van der Waals surface area contributed by atoms with Gasteiger partial charge in [-0.05, 0) is 117 Å². The first-order valence-corrected chi connectivity index (χ1v) is 13.5. The molecule has 0 aromatic rings. The number of nitrogens with one attached hydrogen (secondary N) is 1. The third kappa shape index (κ3) is 4.15. The van der Waals surface area contributed by atoms with Gasteiger partial charge in [-0.15, -0.1) is 0 Å². The number of nitrogens with two attached hydrogens (primary N) is 1. The normalized spacial score (nSPS) is 46.6. The SMILES string of the molecule is C[C@H](CCC(=O)NCCCN)[C@H]1CC[C@H]2[C@@H]3CC[C@@H]4C[C@H](O)CC[C@]4(C)[C@H]3C[C@H](O)[C@]12C. The highest BCUT2D eigenvalue weighted by Gasteiger charge is 2.63. The Kier molecular flexibility index (Phi) is 7.30. The monoisotopic (exact) mass is 448 g/mol. The summed E-state index contributed by atoms with van der Waals surface area (Å²) in [4.78, 5) is 12.2. The Labute approximate surface area is 195 Å². The number of amides is 1. The summed E-state index contributed by atoms with van der Waals surface area (Å²) in [6.07, 6.45) is 10.8. The second kappa shape index (κ2) is 9.54. The van der Waals surface area contributed by atoms with Crippen molar-refractivity contribution in [2.75, 3.05) is 13.1 Å². The third-order valence-corrected chi connectivity index (χ3v) is 11.0. The lowest BCUT2D eigenvalue weighted by atomic mass is 9.43. The molecule has 10 atom stereocenters. The van der Waals surface area contributed by atoms with Gasteiger partial charge >= 0.3 is 0 Å². The van der Waals surface area contributed by atoms with Crippen LogP contribution in [0.4, 0.5) is 0 Å². The molecule has 4 saturated carbocycles. The summed E-state index contributed by atoms with van der Waals surface area (Å²) in [6.45, 7) is 8.45. The first kappa shape index (κ1) is 24.5. The number of carbonyl (C=O) groups is 1. The molecule has 0 radical (unpaired) electrons. The molecule has 5 heteroatoms. The Morgan fingerprint density at radius 2 is 1.88 bits per heavy atom. The van der Waals surface area contributed by atoms with Crippen molar-refractivity contribution in [3.8, 4) is 0 Å². The van der Waals surface area contributed by atoms with Crippen molar-refractivity contribution in [1.82, 2.24) is 5.32 Å². The molecule has 1 amide bonds. The highest BCUT2D eigenvalue weighted by molar-refractivity contribution is 5.75. The molecule has 5 nitrogen and oxygen atoms in total. The van der Waals surface area contributed by atoms with Gasteiger partial charge in [-0.25, -0.2) is 0 Å². The summed E-state index contributed by atoms with van der Waals surface area (Å²) < 4.78 is 0. The minimum absolute atomic E-state index is 0.0199. The minimum atomic E-state index is -0.246. The van der Waals surface area contributed by atoms with Crippen LogP contribution in [-0.2, 0) is 4.79 Å². The van der Waals surface area contributed by atoms with E-state index in [9.17, 15) is 15.0 Å². The molecule has 32 heavy (non-hydrogen) atoms. The predicted molar refractivity (Wildman–Crippen MR) is 128 cm³/mol. The number of aliphatic hydroxyl groups excluding tert-OH is 2. The lowest BCUT2D eigenvalue weighted by Gasteiger charge is -2.62. The number of carbonyl (C=O) groups excluding carboxylic acids is 1. The Morgan fingerprint density at radius 1 is 1.09 bits per heavy atom. The van der Waals surface area contributed by atoms with Crippen molar-refractivity contribution in [3.63, 3.8) is 0 Å². The smallest absolute Gasteiger partial charge is 0.220 e. The lowest BCUT2D eigenvalue weighted by Crippen LogP contribution is -2.58. The van der Waals surface area contributed by atoms with Crippen molar-refractivity contribution in [1.29, 1.82) is 0 Å². The average molecular weight is 449 g/mol. The topological polar surface area (TPSA) is 95.6 Å². The first-order valence-electron chi connectivity index (χ1n) is 13.5. The number of fused-ring (bicyclic) bond motifs is 5. The van der Waals surface area contributed by atoms with E-state index in [1.807, 2.05) is 0 Å². The van der Waals surface area contributed by atoms with Gasteiger partial charge < -0.3 is 21.3 Å². The summed E-state index contributed by atoms with van der Waals surface area (Å²) in [5, 5.41) is 24.9. The van der Waals surface area contributed by atoms with E-state index in [1.54, 1.807) is 0 Å². The number of hydrogen-bond donors (Lipinski definition) is 4. The number of aliphatic hydroxyl groups is 2. The fourth-order valence-electron chi connectivity index (χ4n) is 9.14. The summed E-state index contributed by atoms with van der Waals surface area (Å²) in [5.74, 6) is 3.64. The van der Waals surface area contributed by atoms with Gasteiger partial charge in [-0.1, -0.05) is 20.8 Å². The van der Waals surface area contributed by atoms with Gasteiger partial charge in [0.25, 0.3) is 0 Å². The van der Waals surface area contributed by atoms with Gasteiger partial charge in [-0.3, -0.25) is 4.79 Å². The van der Waals surface area contributed by atoms with Gasteiger partial charge in [0.2, 0.25) is 5.91 Å². The molecular formula is C27H48N2O3. The van der Waals surface area contributed by atoms with Gasteiger partial charge in [0.15, 0.2) is 0 Å². The summed E-state index contributed by atoms with van der Waals surface area (Å²) in [6, 6.07) is 0. The quantitative estimate of drug-likeness (QED) is 0.445. The molecule has 0 aromatic carbocycles. The number of rotatable bonds is 7. The molecule has 0 spiro atoms. The zero-order valence-corrected chi connectivity index (χ0v) is 20.7. The molecule has 0 saturated heterocycles. The molecule has 4 aliphatic carbocycles. The average Bonchev–Trinajstić information content (AvgIpc) is 3.12. The Morgan fingerprint density at radius 3 is 2.62 bits per heavy atom. The zero-order valence-electron chi connectivity index (χ0n) is 20.7.